The summed E-state index contributed by atoms with van der Waals surface area (Å²) in [5.74, 6) is -0.597. The summed E-state index contributed by atoms with van der Waals surface area (Å²) in [6.45, 7) is 7.80. The molecule has 0 saturated carbocycles. The lowest BCUT2D eigenvalue weighted by Gasteiger charge is -2.52. The van der Waals surface area contributed by atoms with Gasteiger partial charge >= 0.3 is 0 Å². The molecule has 12 rings (SSSR count). The molecule has 1 unspecified atom stereocenters. The average molecular weight is 1450 g/mol. The molecule has 5 heterocycles. The maximum absolute atomic E-state index is 13.7. The Morgan fingerprint density at radius 3 is 1.27 bits per heavy atom. The van der Waals surface area contributed by atoms with E-state index in [9.17, 15) is 25.2 Å². The number of fused-ring (bicyclic) bond motifs is 1. The third-order valence-corrected chi connectivity index (χ3v) is 24.5. The van der Waals surface area contributed by atoms with E-state index in [4.69, 9.17) is 75.5 Å². The minimum atomic E-state index is -2.53. The van der Waals surface area contributed by atoms with Crippen molar-refractivity contribution >= 4 is 14.2 Å². The molecule has 5 saturated heterocycles. The Labute approximate surface area is 609 Å². The third kappa shape index (κ3) is 20.2. The van der Waals surface area contributed by atoms with Crippen LogP contribution in [-0.2, 0) is 120 Å². The number of carbonyl (C=O) groups is 1. The molecule has 7 aromatic carbocycles. The zero-order valence-electron chi connectivity index (χ0n) is 59.3. The predicted octanol–water partition coefficient (Wildman–Crippen LogP) is 9.53. The largest absolute Gasteiger partial charge is 0.390 e. The molecular weight excluding hydrogens is 1350 g/mol. The summed E-state index contributed by atoms with van der Waals surface area (Å²) < 4.78 is 110. The van der Waals surface area contributed by atoms with Crippen molar-refractivity contribution in [2.45, 2.75) is 215 Å². The van der Waals surface area contributed by atoms with Crippen LogP contribution in [-0.4, -0.2) is 184 Å². The second-order valence-electron chi connectivity index (χ2n) is 27.0. The molecule has 0 radical (unpaired) electrons. The van der Waals surface area contributed by atoms with Gasteiger partial charge in [0, 0.05) is 12.5 Å². The summed E-state index contributed by atoms with van der Waals surface area (Å²) in [7, 11) is -2.53. The number of rotatable bonds is 34. The monoisotopic (exact) mass is 1450 g/mol. The maximum Gasteiger partial charge on any atom is 0.217 e. The normalized spacial score (nSPS) is 30.8. The van der Waals surface area contributed by atoms with Gasteiger partial charge in [0.15, 0.2) is 39.8 Å². The Bertz CT molecular complexity index is 3600. The summed E-state index contributed by atoms with van der Waals surface area (Å²) in [4.78, 5) is 13.7. The lowest BCUT2D eigenvalue weighted by atomic mass is 9.94. The number of ether oxygens (including phenoxy) is 15. The van der Waals surface area contributed by atoms with Gasteiger partial charge in [0.25, 0.3) is 0 Å². The van der Waals surface area contributed by atoms with E-state index in [0.717, 1.165) is 51.5 Å². The standard InChI is InChI=1S/C81H99NO21Si/c1-5-104(6-2,7-3)103-81-76(93-48-59-39-25-13-26-40-59)74(91-46-57-35-21-11-22-36-57)72(63(98-81)51-90-45-56-33-19-10-20-34-56)101-80-75(92-47-58-37-23-12-24-38-58)73(66(84)61(95-80)49-88-43-54-29-15-8-16-30-54)102-78-65(82-53(4)83)67(85)70(62(96-78)50-89-44-55-31-17-9-18-32-55)100-79-69(87)68(86)71-64(97-79)52-94-77(99-71)60-41-27-14-28-42-60/h8-42,61-81,84-87H,5-7,43-52H2,1-4H3,(H,82,83)/t61-,62-,63-,64-,65-,66+,67-,68-,69-,70-,71+,72-,73+,74+,75-,76-,77?,78+,79+,80+,81+/m1/s1. The topological polar surface area (TPSA) is 258 Å². The van der Waals surface area contributed by atoms with Crippen molar-refractivity contribution in [2.75, 3.05) is 26.4 Å². The van der Waals surface area contributed by atoms with Gasteiger partial charge in [0.1, 0.15) is 97.6 Å². The van der Waals surface area contributed by atoms with Crippen LogP contribution < -0.4 is 5.32 Å². The first-order valence-corrected chi connectivity index (χ1v) is 38.8. The Balaban J connectivity index is 0.925. The van der Waals surface area contributed by atoms with E-state index in [2.05, 4.69) is 26.1 Å². The smallest absolute Gasteiger partial charge is 0.217 e. The molecule has 5 aliphatic rings. The van der Waals surface area contributed by atoms with Gasteiger partial charge in [-0.05, 0) is 51.5 Å². The fourth-order valence-electron chi connectivity index (χ4n) is 13.9. The van der Waals surface area contributed by atoms with Crippen molar-refractivity contribution in [3.63, 3.8) is 0 Å². The number of aliphatic hydroxyl groups excluding tert-OH is 4. The summed E-state index contributed by atoms with van der Waals surface area (Å²) >= 11 is 0. The van der Waals surface area contributed by atoms with Crippen LogP contribution in [0, 0.1) is 0 Å². The van der Waals surface area contributed by atoms with Gasteiger partial charge in [-0.1, -0.05) is 233 Å². The summed E-state index contributed by atoms with van der Waals surface area (Å²) in [5.41, 5.74) is 5.83. The molecule has 5 aliphatic heterocycles. The van der Waals surface area contributed by atoms with Crippen LogP contribution in [0.2, 0.25) is 18.1 Å². The molecule has 104 heavy (non-hydrogen) atoms. The molecule has 7 aromatic rings. The molecule has 5 N–H and O–H groups in total. The third-order valence-electron chi connectivity index (χ3n) is 19.9. The van der Waals surface area contributed by atoms with E-state index < -0.39 is 143 Å². The van der Waals surface area contributed by atoms with Crippen molar-refractivity contribution in [1.29, 1.82) is 0 Å². The Hall–Kier alpha value is -6.57. The predicted molar refractivity (Wildman–Crippen MR) is 383 cm³/mol. The van der Waals surface area contributed by atoms with E-state index in [-0.39, 0.29) is 66.1 Å². The van der Waals surface area contributed by atoms with Gasteiger partial charge < -0.3 is 101 Å². The van der Waals surface area contributed by atoms with E-state index in [0.29, 0.717) is 5.56 Å². The zero-order valence-corrected chi connectivity index (χ0v) is 60.3. The van der Waals surface area contributed by atoms with Crippen LogP contribution in [0.15, 0.2) is 212 Å². The van der Waals surface area contributed by atoms with E-state index >= 15 is 0 Å². The zero-order chi connectivity index (χ0) is 72.2. The van der Waals surface area contributed by atoms with Crippen molar-refractivity contribution < 1.29 is 101 Å². The Kier molecular flexibility index (Phi) is 28.4. The minimum Gasteiger partial charge on any atom is -0.390 e. The fraction of sp³-hybridized carbons (Fsp3) is 0.469. The van der Waals surface area contributed by atoms with E-state index in [1.54, 1.807) is 0 Å². The first-order chi connectivity index (χ1) is 50.9. The van der Waals surface area contributed by atoms with Crippen LogP contribution >= 0.6 is 0 Å². The fourth-order valence-corrected chi connectivity index (χ4v) is 16.6. The molecular formula is C81H99NO21Si. The number of hydrogen-bond donors (Lipinski definition) is 5. The Morgan fingerprint density at radius 2 is 0.798 bits per heavy atom. The minimum absolute atomic E-state index is 0.0358. The highest BCUT2D eigenvalue weighted by Crippen LogP contribution is 2.41. The highest BCUT2D eigenvalue weighted by molar-refractivity contribution is 6.73. The second-order valence-corrected chi connectivity index (χ2v) is 31.7. The van der Waals surface area contributed by atoms with Crippen molar-refractivity contribution in [2.24, 2.45) is 0 Å². The van der Waals surface area contributed by atoms with Gasteiger partial charge in [-0.3, -0.25) is 4.79 Å². The first kappa shape index (κ1) is 77.1. The van der Waals surface area contributed by atoms with Crippen molar-refractivity contribution in [1.82, 2.24) is 5.32 Å². The number of benzene rings is 7. The van der Waals surface area contributed by atoms with Crippen LogP contribution in [0.3, 0.4) is 0 Å². The van der Waals surface area contributed by atoms with Gasteiger partial charge in [0.2, 0.25) is 5.91 Å². The van der Waals surface area contributed by atoms with Gasteiger partial charge in [-0.2, -0.15) is 0 Å². The maximum atomic E-state index is 13.7. The molecule has 5 fully saturated rings. The lowest BCUT2D eigenvalue weighted by molar-refractivity contribution is -0.394. The van der Waals surface area contributed by atoms with E-state index in [1.807, 2.05) is 212 Å². The summed E-state index contributed by atoms with van der Waals surface area (Å²) in [6, 6.07) is 68.0. The van der Waals surface area contributed by atoms with Crippen LogP contribution in [0.5, 0.6) is 0 Å². The molecule has 558 valence electrons. The van der Waals surface area contributed by atoms with Crippen molar-refractivity contribution in [3.8, 4) is 0 Å². The van der Waals surface area contributed by atoms with Gasteiger partial charge in [0.05, 0.1) is 66.1 Å². The van der Waals surface area contributed by atoms with Crippen LogP contribution in [0.25, 0.3) is 0 Å². The van der Waals surface area contributed by atoms with Crippen LogP contribution in [0.1, 0.15) is 72.9 Å². The Morgan fingerprint density at radius 1 is 0.404 bits per heavy atom. The van der Waals surface area contributed by atoms with Crippen LogP contribution in [0.4, 0.5) is 0 Å². The average Bonchev–Trinajstić information content (AvgIpc) is 0.770. The molecule has 22 nitrogen and oxygen atoms in total. The highest BCUT2D eigenvalue weighted by Gasteiger charge is 2.59. The molecule has 23 heteroatoms. The summed E-state index contributed by atoms with van der Waals surface area (Å²) in [5, 5.41) is 52.9. The quantitative estimate of drug-likeness (QED) is 0.0235. The number of carbonyl (C=O) groups excluding carboxylic acids is 1. The molecule has 0 bridgehead atoms. The number of amides is 1. The van der Waals surface area contributed by atoms with Gasteiger partial charge in [-0.15, -0.1) is 0 Å². The highest BCUT2D eigenvalue weighted by atomic mass is 28.4. The van der Waals surface area contributed by atoms with E-state index in [1.165, 1.54) is 6.92 Å². The SMILES string of the molecule is CC[Si](CC)(CC)O[C@@H]1O[C@H](COCc2ccccc2)[C@@H](O[C@@H]2O[C@H](COCc3ccccc3)[C@H](O)[C@H](O[C@@H]3O[C@H](COCc4ccccc4)[C@@H](O[C@@H]4O[C@@H]5COC(c6ccccc6)O[C@@H]5[C@H](O)[C@H]4O)[C@H](O)[C@H]3NC(C)=O)[C@H]2OCc2ccccc2)[C@H](OCc2ccccc2)[C@H]1OCc1ccccc1. The molecule has 0 aromatic heterocycles. The molecule has 21 atom stereocenters. The first-order valence-electron chi connectivity index (χ1n) is 36.2. The lowest BCUT2D eigenvalue weighted by Crippen LogP contribution is -2.70. The molecule has 0 aliphatic carbocycles. The van der Waals surface area contributed by atoms with Crippen molar-refractivity contribution in [3.05, 3.63) is 251 Å². The van der Waals surface area contributed by atoms with Gasteiger partial charge in [-0.25, -0.2) is 0 Å². The molecule has 0 spiro atoms. The number of hydrogen-bond acceptors (Lipinski definition) is 21. The second kappa shape index (κ2) is 38.3. The molecule has 1 amide bonds. The number of nitrogens with one attached hydrogen (secondary N) is 1. The number of aliphatic hydroxyl groups is 4. The summed E-state index contributed by atoms with van der Waals surface area (Å²) in [6.07, 6.45) is -26.2.